The second-order valence-electron chi connectivity index (χ2n) is 6.81. The van der Waals surface area contributed by atoms with Crippen molar-refractivity contribution in [3.63, 3.8) is 0 Å². The van der Waals surface area contributed by atoms with Crippen LogP contribution in [0.1, 0.15) is 37.3 Å². The summed E-state index contributed by atoms with van der Waals surface area (Å²) >= 11 is 0. The van der Waals surface area contributed by atoms with Crippen LogP contribution in [0.5, 0.6) is 0 Å². The standard InChI is InChI=1S/C19H20N.C4H10N.2ClH.Ti/c1-14-18-7-5-4-6-16(18)10-11-19(14)17-9-8-15(12-17)13-20(2)3;1-2-3-4-5;;;/h4-8,10-12H,1,9,13H2,2-3H3;5H,2-4H2,1H3;2*1H;/q2*-1;;;+2. The van der Waals surface area contributed by atoms with Gasteiger partial charge in [0.15, 0.2) is 0 Å². The molecule has 2 aromatic carbocycles. The topological polar surface area (TPSA) is 27.0 Å². The molecular formula is C23H32Cl2N2Ti. The number of hydrogen-bond donors (Lipinski definition) is 0. The number of hydrogen-bond acceptors (Lipinski definition) is 1. The molecule has 0 fully saturated rings. The van der Waals surface area contributed by atoms with E-state index in [0.29, 0.717) is 6.54 Å². The minimum Gasteiger partial charge on any atom is -0.677 e. The fourth-order valence-corrected chi connectivity index (χ4v) is 3.06. The Bertz CT molecular complexity index is 768. The van der Waals surface area contributed by atoms with Crippen LogP contribution in [0.25, 0.3) is 22.1 Å². The number of nitrogens with zero attached hydrogens (tertiary/aromatic N) is 1. The number of halogens is 2. The number of nitrogens with one attached hydrogen (secondary N) is 1. The van der Waals surface area contributed by atoms with E-state index in [2.05, 4.69) is 81.4 Å². The fraction of sp³-hybridized carbons (Fsp3) is 0.348. The predicted octanol–water partition coefficient (Wildman–Crippen LogP) is 6.98. The Hall–Kier alpha value is -0.736. The number of likely N-dealkylation sites (N-methyl/N-ethyl adjacent to an activating group) is 1. The van der Waals surface area contributed by atoms with Crippen LogP contribution in [-0.4, -0.2) is 32.1 Å². The van der Waals surface area contributed by atoms with Gasteiger partial charge in [0.2, 0.25) is 0 Å². The van der Waals surface area contributed by atoms with E-state index in [9.17, 15) is 0 Å². The fourth-order valence-electron chi connectivity index (χ4n) is 3.06. The van der Waals surface area contributed by atoms with Gasteiger partial charge in [-0.15, -0.1) is 47.9 Å². The van der Waals surface area contributed by atoms with E-state index in [-0.39, 0.29) is 46.5 Å². The summed E-state index contributed by atoms with van der Waals surface area (Å²) in [5.74, 6) is 0. The molecule has 2 aromatic rings. The third-order valence-corrected chi connectivity index (χ3v) is 4.36. The Labute approximate surface area is 198 Å². The van der Waals surface area contributed by atoms with Gasteiger partial charge in [-0.2, -0.15) is 19.0 Å². The molecule has 2 nitrogen and oxygen atoms in total. The van der Waals surface area contributed by atoms with Gasteiger partial charge in [0.1, 0.15) is 0 Å². The number of benzene rings is 2. The molecule has 5 heteroatoms. The van der Waals surface area contributed by atoms with Crippen molar-refractivity contribution in [3.05, 3.63) is 77.9 Å². The van der Waals surface area contributed by atoms with Crippen LogP contribution >= 0.6 is 24.8 Å². The molecule has 0 amide bonds. The van der Waals surface area contributed by atoms with Crippen LogP contribution in [0.2, 0.25) is 0 Å². The molecule has 0 saturated carbocycles. The number of fused-ring (bicyclic) bond motifs is 1. The van der Waals surface area contributed by atoms with Gasteiger partial charge in [0, 0.05) is 6.54 Å². The summed E-state index contributed by atoms with van der Waals surface area (Å²) in [6, 6.07) is 12.9. The molecule has 0 saturated heterocycles. The second-order valence-corrected chi connectivity index (χ2v) is 6.81. The van der Waals surface area contributed by atoms with E-state index in [4.69, 9.17) is 5.73 Å². The third kappa shape index (κ3) is 8.33. The molecule has 3 rings (SSSR count). The zero-order valence-electron chi connectivity index (χ0n) is 17.1. The van der Waals surface area contributed by atoms with E-state index in [1.165, 1.54) is 27.5 Å². The van der Waals surface area contributed by atoms with Gasteiger partial charge in [-0.25, -0.2) is 0 Å². The number of rotatable bonds is 5. The molecule has 0 unspecified atom stereocenters. The van der Waals surface area contributed by atoms with Crippen molar-refractivity contribution >= 4 is 41.2 Å². The Morgan fingerprint density at radius 2 is 1.75 bits per heavy atom. The van der Waals surface area contributed by atoms with Crippen LogP contribution in [0.15, 0.2) is 54.1 Å². The van der Waals surface area contributed by atoms with Gasteiger partial charge in [-0.1, -0.05) is 67.1 Å². The summed E-state index contributed by atoms with van der Waals surface area (Å²) in [6.07, 6.45) is 7.87. The summed E-state index contributed by atoms with van der Waals surface area (Å²) < 4.78 is 0. The van der Waals surface area contributed by atoms with E-state index >= 15 is 0 Å². The zero-order valence-corrected chi connectivity index (χ0v) is 20.3. The Balaban J connectivity index is 0. The SMILES string of the molecule is CCCC[NH-].Cl.Cl.[CH2-]c1c(C2=CC(CN(C)C)=CC2)ccc2ccccc12.[Ti+2]. The first kappa shape index (κ1) is 29.5. The Morgan fingerprint density at radius 1 is 1.07 bits per heavy atom. The van der Waals surface area contributed by atoms with E-state index in [1.54, 1.807) is 0 Å². The molecule has 1 aliphatic rings. The van der Waals surface area contributed by atoms with Crippen molar-refractivity contribution in [2.45, 2.75) is 26.2 Å². The van der Waals surface area contributed by atoms with Gasteiger partial charge < -0.3 is 10.6 Å². The maximum atomic E-state index is 6.60. The van der Waals surface area contributed by atoms with Crippen molar-refractivity contribution in [2.75, 3.05) is 27.2 Å². The van der Waals surface area contributed by atoms with Gasteiger partial charge >= 0.3 is 21.7 Å². The minimum atomic E-state index is 0. The first-order valence-corrected chi connectivity index (χ1v) is 9.09. The van der Waals surface area contributed by atoms with Crippen LogP contribution in [0.3, 0.4) is 0 Å². The smallest absolute Gasteiger partial charge is 0.677 e. The summed E-state index contributed by atoms with van der Waals surface area (Å²) in [5.41, 5.74) is 11.8. The second kappa shape index (κ2) is 15.2. The molecular weight excluding hydrogens is 423 g/mol. The molecule has 1 N–H and O–H groups in total. The van der Waals surface area contributed by atoms with Gasteiger partial charge in [0.05, 0.1) is 0 Å². The van der Waals surface area contributed by atoms with E-state index in [0.717, 1.165) is 31.4 Å². The van der Waals surface area contributed by atoms with Crippen molar-refractivity contribution in [3.8, 4) is 0 Å². The van der Waals surface area contributed by atoms with Gasteiger partial charge in [0.25, 0.3) is 0 Å². The Kier molecular flexibility index (Phi) is 15.9. The maximum Gasteiger partial charge on any atom is 2.00 e. The molecule has 0 aliphatic heterocycles. The van der Waals surface area contributed by atoms with Crippen molar-refractivity contribution < 1.29 is 21.7 Å². The van der Waals surface area contributed by atoms with E-state index in [1.807, 2.05) is 0 Å². The maximum absolute atomic E-state index is 6.60. The Morgan fingerprint density at radius 3 is 2.32 bits per heavy atom. The first-order valence-electron chi connectivity index (χ1n) is 9.09. The van der Waals surface area contributed by atoms with Crippen LogP contribution in [0, 0.1) is 6.92 Å². The number of unbranched alkanes of at least 4 members (excludes halogenated alkanes) is 1. The van der Waals surface area contributed by atoms with Crippen molar-refractivity contribution in [2.24, 2.45) is 0 Å². The largest absolute Gasteiger partial charge is 2.00 e. The zero-order chi connectivity index (χ0) is 18.2. The monoisotopic (exact) mass is 454 g/mol. The molecule has 0 radical (unpaired) electrons. The first-order chi connectivity index (χ1) is 12.1. The van der Waals surface area contributed by atoms with E-state index < -0.39 is 0 Å². The summed E-state index contributed by atoms with van der Waals surface area (Å²) in [7, 11) is 4.21. The quantitative estimate of drug-likeness (QED) is 0.353. The van der Waals surface area contributed by atoms with Crippen molar-refractivity contribution in [1.29, 1.82) is 0 Å². The number of allylic oxidation sites excluding steroid dienone is 2. The molecule has 0 heterocycles. The minimum absolute atomic E-state index is 0. The predicted molar refractivity (Wildman–Crippen MR) is 126 cm³/mol. The normalized spacial score (nSPS) is 12.0. The molecule has 152 valence electrons. The average molecular weight is 455 g/mol. The molecule has 0 spiro atoms. The molecule has 28 heavy (non-hydrogen) atoms. The summed E-state index contributed by atoms with van der Waals surface area (Å²) in [4.78, 5) is 2.21. The molecule has 0 aromatic heterocycles. The summed E-state index contributed by atoms with van der Waals surface area (Å²) in [5, 5.41) is 2.52. The third-order valence-electron chi connectivity index (χ3n) is 4.36. The average Bonchev–Trinajstić information content (AvgIpc) is 3.04. The molecule has 0 atom stereocenters. The van der Waals surface area contributed by atoms with Crippen LogP contribution in [-0.2, 0) is 21.7 Å². The van der Waals surface area contributed by atoms with Gasteiger partial charge in [-0.05, 0) is 26.1 Å². The van der Waals surface area contributed by atoms with Crippen LogP contribution < -0.4 is 0 Å². The van der Waals surface area contributed by atoms with Crippen LogP contribution in [0.4, 0.5) is 0 Å². The molecule has 1 aliphatic carbocycles. The van der Waals surface area contributed by atoms with Crippen molar-refractivity contribution in [1.82, 2.24) is 4.90 Å². The molecule has 0 bridgehead atoms. The van der Waals surface area contributed by atoms with Gasteiger partial charge in [-0.3, -0.25) is 0 Å². The summed E-state index contributed by atoms with van der Waals surface area (Å²) in [6.45, 7) is 7.99.